The molecule has 0 spiro atoms. The predicted molar refractivity (Wildman–Crippen MR) is 133 cm³/mol. The Bertz CT molecular complexity index is 1350. The first-order chi connectivity index (χ1) is 17.0. The van der Waals surface area contributed by atoms with E-state index in [9.17, 15) is 14.7 Å². The quantitative estimate of drug-likeness (QED) is 0.362. The van der Waals surface area contributed by atoms with E-state index >= 15 is 0 Å². The molecule has 0 saturated heterocycles. The second-order valence-electron chi connectivity index (χ2n) is 8.99. The van der Waals surface area contributed by atoms with Crippen molar-refractivity contribution in [3.05, 3.63) is 101 Å². The monoisotopic (exact) mass is 466 g/mol. The average Bonchev–Trinajstić information content (AvgIpc) is 3.63. The van der Waals surface area contributed by atoms with E-state index in [1.165, 1.54) is 0 Å². The van der Waals surface area contributed by atoms with Crippen LogP contribution in [-0.2, 0) is 16.6 Å². The van der Waals surface area contributed by atoms with Crippen molar-refractivity contribution in [1.29, 1.82) is 0 Å². The minimum absolute atomic E-state index is 0.104. The van der Waals surface area contributed by atoms with Gasteiger partial charge in [-0.2, -0.15) is 0 Å². The third-order valence-corrected chi connectivity index (χ3v) is 6.76. The van der Waals surface area contributed by atoms with E-state index in [0.717, 1.165) is 33.5 Å². The SMILES string of the molecule is Cc1noc(-c2ccc(-c3ccc(C4(C(=O)O)CC4)cc3)cc2)c1CCNC(=O)c1ccccc1. The van der Waals surface area contributed by atoms with Crippen molar-refractivity contribution < 1.29 is 19.2 Å². The van der Waals surface area contributed by atoms with Gasteiger partial charge in [-0.3, -0.25) is 9.59 Å². The van der Waals surface area contributed by atoms with Crippen LogP contribution in [0.15, 0.2) is 83.4 Å². The highest BCUT2D eigenvalue weighted by molar-refractivity contribution is 5.94. The molecule has 0 radical (unpaired) electrons. The fraction of sp³-hybridized carbons (Fsp3) is 0.207. The van der Waals surface area contributed by atoms with Crippen molar-refractivity contribution in [2.75, 3.05) is 6.54 Å². The number of carbonyl (C=O) groups excluding carboxylic acids is 1. The van der Waals surface area contributed by atoms with Gasteiger partial charge in [0, 0.05) is 23.2 Å². The fourth-order valence-electron chi connectivity index (χ4n) is 4.45. The number of carboxylic acid groups (broad SMARTS) is 1. The molecule has 1 aromatic heterocycles. The molecule has 0 aliphatic heterocycles. The Balaban J connectivity index is 1.28. The summed E-state index contributed by atoms with van der Waals surface area (Å²) in [6.07, 6.45) is 2.01. The highest BCUT2D eigenvalue weighted by atomic mass is 16.5. The molecule has 1 amide bonds. The smallest absolute Gasteiger partial charge is 0.314 e. The van der Waals surface area contributed by atoms with Gasteiger partial charge in [-0.25, -0.2) is 0 Å². The maximum atomic E-state index is 12.3. The van der Waals surface area contributed by atoms with Crippen LogP contribution in [0.2, 0.25) is 0 Å². The first-order valence-corrected chi connectivity index (χ1v) is 11.7. The van der Waals surface area contributed by atoms with Gasteiger partial charge in [0.25, 0.3) is 5.91 Å². The van der Waals surface area contributed by atoms with E-state index in [-0.39, 0.29) is 5.91 Å². The molecule has 176 valence electrons. The largest absolute Gasteiger partial charge is 0.481 e. The Morgan fingerprint density at radius 2 is 1.51 bits per heavy atom. The lowest BCUT2D eigenvalue weighted by Crippen LogP contribution is -2.25. The average molecular weight is 467 g/mol. The maximum Gasteiger partial charge on any atom is 0.314 e. The topological polar surface area (TPSA) is 92.4 Å². The number of aliphatic carboxylic acids is 1. The summed E-state index contributed by atoms with van der Waals surface area (Å²) in [5.74, 6) is -0.143. The zero-order valence-electron chi connectivity index (χ0n) is 19.5. The van der Waals surface area contributed by atoms with E-state index in [2.05, 4.69) is 10.5 Å². The molecule has 35 heavy (non-hydrogen) atoms. The number of hydrogen-bond donors (Lipinski definition) is 2. The number of benzene rings is 3. The lowest BCUT2D eigenvalue weighted by atomic mass is 9.93. The molecule has 3 aromatic carbocycles. The molecule has 6 nitrogen and oxygen atoms in total. The molecule has 0 bridgehead atoms. The molecule has 2 N–H and O–H groups in total. The molecule has 1 saturated carbocycles. The van der Waals surface area contributed by atoms with Crippen molar-refractivity contribution in [2.45, 2.75) is 31.6 Å². The molecule has 1 heterocycles. The summed E-state index contributed by atoms with van der Waals surface area (Å²) in [6.45, 7) is 2.38. The normalized spacial score (nSPS) is 13.9. The minimum Gasteiger partial charge on any atom is -0.481 e. The van der Waals surface area contributed by atoms with Crippen LogP contribution in [0.25, 0.3) is 22.5 Å². The van der Waals surface area contributed by atoms with Gasteiger partial charge < -0.3 is 14.9 Å². The summed E-state index contributed by atoms with van der Waals surface area (Å²) in [7, 11) is 0. The van der Waals surface area contributed by atoms with E-state index in [4.69, 9.17) is 4.52 Å². The molecule has 1 aliphatic rings. The number of hydrogen-bond acceptors (Lipinski definition) is 4. The van der Waals surface area contributed by atoms with Crippen LogP contribution in [-0.4, -0.2) is 28.7 Å². The molecule has 6 heteroatoms. The van der Waals surface area contributed by atoms with Gasteiger partial charge in [0.2, 0.25) is 0 Å². The van der Waals surface area contributed by atoms with Crippen LogP contribution in [0.5, 0.6) is 0 Å². The van der Waals surface area contributed by atoms with Crippen molar-refractivity contribution in [3.8, 4) is 22.5 Å². The Morgan fingerprint density at radius 3 is 2.11 bits per heavy atom. The number of carboxylic acids is 1. The van der Waals surface area contributed by atoms with Crippen molar-refractivity contribution in [1.82, 2.24) is 10.5 Å². The lowest BCUT2D eigenvalue weighted by molar-refractivity contribution is -0.140. The van der Waals surface area contributed by atoms with E-state index in [1.54, 1.807) is 12.1 Å². The highest BCUT2D eigenvalue weighted by Crippen LogP contribution is 2.48. The fourth-order valence-corrected chi connectivity index (χ4v) is 4.45. The summed E-state index contributed by atoms with van der Waals surface area (Å²) in [5.41, 5.74) is 5.56. The highest BCUT2D eigenvalue weighted by Gasteiger charge is 2.51. The summed E-state index contributed by atoms with van der Waals surface area (Å²) in [6, 6.07) is 25.0. The molecule has 0 atom stereocenters. The number of nitrogens with one attached hydrogen (secondary N) is 1. The third-order valence-electron chi connectivity index (χ3n) is 6.76. The Kier molecular flexibility index (Phi) is 5.95. The second kappa shape index (κ2) is 9.22. The number of carbonyl (C=O) groups is 2. The first kappa shape index (κ1) is 22.6. The third kappa shape index (κ3) is 4.47. The number of nitrogens with zero attached hydrogens (tertiary/aromatic N) is 1. The van der Waals surface area contributed by atoms with Gasteiger partial charge in [-0.1, -0.05) is 71.9 Å². The zero-order chi connectivity index (χ0) is 24.4. The standard InChI is InChI=1S/C29H26N2O4/c1-19-25(15-18-30-27(32)23-5-3-2-4-6-23)26(35-31-19)22-9-7-20(8-10-22)21-11-13-24(14-12-21)29(16-17-29)28(33)34/h2-14H,15-18H2,1H3,(H,30,32)(H,33,34). The summed E-state index contributed by atoms with van der Waals surface area (Å²) in [5, 5.41) is 16.6. The molecule has 4 aromatic rings. The van der Waals surface area contributed by atoms with Gasteiger partial charge in [0.15, 0.2) is 5.76 Å². The van der Waals surface area contributed by atoms with Crippen molar-refractivity contribution >= 4 is 11.9 Å². The molecular formula is C29H26N2O4. The number of aromatic nitrogens is 1. The Morgan fingerprint density at radius 1 is 0.914 bits per heavy atom. The van der Waals surface area contributed by atoms with Gasteiger partial charge in [-0.15, -0.1) is 0 Å². The first-order valence-electron chi connectivity index (χ1n) is 11.7. The molecule has 1 aliphatic carbocycles. The van der Waals surface area contributed by atoms with E-state index < -0.39 is 11.4 Å². The molecular weight excluding hydrogens is 440 g/mol. The van der Waals surface area contributed by atoms with Gasteiger partial charge >= 0.3 is 5.97 Å². The maximum absolute atomic E-state index is 12.3. The van der Waals surface area contributed by atoms with Gasteiger partial charge in [0.1, 0.15) is 0 Å². The van der Waals surface area contributed by atoms with Crippen LogP contribution >= 0.6 is 0 Å². The zero-order valence-corrected chi connectivity index (χ0v) is 19.5. The van der Waals surface area contributed by atoms with Crippen LogP contribution in [0.3, 0.4) is 0 Å². The number of amides is 1. The molecule has 1 fully saturated rings. The van der Waals surface area contributed by atoms with Crippen LogP contribution in [0, 0.1) is 6.92 Å². The Labute approximate surface area is 203 Å². The van der Waals surface area contributed by atoms with Crippen molar-refractivity contribution in [3.63, 3.8) is 0 Å². The van der Waals surface area contributed by atoms with Crippen LogP contribution in [0.4, 0.5) is 0 Å². The molecule has 0 unspecified atom stereocenters. The number of rotatable bonds is 8. The van der Waals surface area contributed by atoms with Gasteiger partial charge in [-0.05, 0) is 55.0 Å². The summed E-state index contributed by atoms with van der Waals surface area (Å²) in [4.78, 5) is 23.9. The van der Waals surface area contributed by atoms with Crippen LogP contribution < -0.4 is 5.32 Å². The summed E-state index contributed by atoms with van der Waals surface area (Å²) >= 11 is 0. The lowest BCUT2D eigenvalue weighted by Gasteiger charge is -2.11. The van der Waals surface area contributed by atoms with Crippen LogP contribution in [0.1, 0.15) is 40.0 Å². The minimum atomic E-state index is -0.743. The van der Waals surface area contributed by atoms with E-state index in [1.807, 2.05) is 73.7 Å². The Hall–Kier alpha value is -4.19. The van der Waals surface area contributed by atoms with Crippen molar-refractivity contribution in [2.24, 2.45) is 0 Å². The predicted octanol–water partition coefficient (Wildman–Crippen LogP) is 5.41. The van der Waals surface area contributed by atoms with Gasteiger partial charge in [0.05, 0.1) is 11.1 Å². The summed E-state index contributed by atoms with van der Waals surface area (Å²) < 4.78 is 5.63. The molecule has 5 rings (SSSR count). The number of aryl methyl sites for hydroxylation is 1. The second-order valence-corrected chi connectivity index (χ2v) is 8.99. The van der Waals surface area contributed by atoms with E-state index in [0.29, 0.717) is 37.1 Å².